The number of benzene rings is 2. The van der Waals surface area contributed by atoms with Crippen LogP contribution in [0.5, 0.6) is 5.75 Å². The largest absolute Gasteiger partial charge is 0.489 e. The minimum atomic E-state index is -0.398. The van der Waals surface area contributed by atoms with E-state index in [1.165, 1.54) is 6.07 Å². The maximum atomic E-state index is 13.0. The lowest BCUT2D eigenvalue weighted by atomic mass is 10.2. The highest BCUT2D eigenvalue weighted by Gasteiger charge is 2.02. The molecule has 0 aromatic heterocycles. The van der Waals surface area contributed by atoms with Crippen molar-refractivity contribution >= 4 is 5.69 Å². The Labute approximate surface area is 99.8 Å². The van der Waals surface area contributed by atoms with Crippen molar-refractivity contribution in [1.29, 1.82) is 0 Å². The molecule has 2 rings (SSSR count). The number of aryl methyl sites for hydroxylation is 1. The van der Waals surface area contributed by atoms with Gasteiger partial charge in [0.2, 0.25) is 0 Å². The Kier molecular flexibility index (Phi) is 3.28. The van der Waals surface area contributed by atoms with Gasteiger partial charge < -0.3 is 10.5 Å². The number of nitrogens with two attached hydrogens (primary N) is 1. The van der Waals surface area contributed by atoms with Crippen molar-refractivity contribution in [2.75, 3.05) is 5.73 Å². The fourth-order valence-electron chi connectivity index (χ4n) is 1.56. The first-order valence-corrected chi connectivity index (χ1v) is 5.39. The highest BCUT2D eigenvalue weighted by molar-refractivity contribution is 5.42. The van der Waals surface area contributed by atoms with Gasteiger partial charge in [-0.05, 0) is 36.2 Å². The first-order valence-electron chi connectivity index (χ1n) is 5.39. The van der Waals surface area contributed by atoms with Gasteiger partial charge in [-0.3, -0.25) is 0 Å². The molecule has 0 atom stereocenters. The zero-order chi connectivity index (χ0) is 12.3. The summed E-state index contributed by atoms with van der Waals surface area (Å²) in [5.74, 6) is 0.431. The van der Waals surface area contributed by atoms with Crippen LogP contribution < -0.4 is 10.5 Å². The van der Waals surface area contributed by atoms with Gasteiger partial charge in [0.25, 0.3) is 0 Å². The van der Waals surface area contributed by atoms with Gasteiger partial charge in [-0.15, -0.1) is 0 Å². The van der Waals surface area contributed by atoms with Crippen LogP contribution in [-0.2, 0) is 6.61 Å². The Balaban J connectivity index is 2.08. The van der Waals surface area contributed by atoms with E-state index >= 15 is 0 Å². The van der Waals surface area contributed by atoms with Crippen LogP contribution in [0.25, 0.3) is 0 Å². The molecule has 2 aromatic carbocycles. The Morgan fingerprint density at radius 2 is 1.94 bits per heavy atom. The molecule has 88 valence electrons. The van der Waals surface area contributed by atoms with Gasteiger partial charge in [0.05, 0.1) is 5.69 Å². The lowest BCUT2D eigenvalue weighted by Crippen LogP contribution is -1.99. The first-order chi connectivity index (χ1) is 8.16. The third kappa shape index (κ3) is 2.75. The number of nitrogen functional groups attached to an aromatic ring is 1. The maximum Gasteiger partial charge on any atom is 0.146 e. The summed E-state index contributed by atoms with van der Waals surface area (Å²) in [6.07, 6.45) is 0. The third-order valence-corrected chi connectivity index (χ3v) is 2.55. The van der Waals surface area contributed by atoms with Crippen LogP contribution >= 0.6 is 0 Å². The summed E-state index contributed by atoms with van der Waals surface area (Å²) in [6, 6.07) is 12.4. The average Bonchev–Trinajstić information content (AvgIpc) is 2.32. The predicted molar refractivity (Wildman–Crippen MR) is 66.3 cm³/mol. The Bertz CT molecular complexity index is 525. The van der Waals surface area contributed by atoms with E-state index < -0.39 is 5.82 Å². The number of para-hydroxylation sites is 1. The molecule has 0 aliphatic heterocycles. The van der Waals surface area contributed by atoms with Crippen LogP contribution in [0, 0.1) is 12.7 Å². The number of ether oxygens (including phenoxy) is 1. The second-order valence-electron chi connectivity index (χ2n) is 3.91. The zero-order valence-electron chi connectivity index (χ0n) is 9.61. The lowest BCUT2D eigenvalue weighted by Gasteiger charge is -2.09. The van der Waals surface area contributed by atoms with Crippen molar-refractivity contribution in [2.45, 2.75) is 13.5 Å². The summed E-state index contributed by atoms with van der Waals surface area (Å²) in [5, 5.41) is 0. The first kappa shape index (κ1) is 11.5. The average molecular weight is 231 g/mol. The van der Waals surface area contributed by atoms with Crippen LogP contribution in [0.15, 0.2) is 42.5 Å². The number of halogens is 1. The fourth-order valence-corrected chi connectivity index (χ4v) is 1.56. The van der Waals surface area contributed by atoms with Gasteiger partial charge in [-0.1, -0.05) is 24.3 Å². The number of hydrogen-bond acceptors (Lipinski definition) is 2. The summed E-state index contributed by atoms with van der Waals surface area (Å²) < 4.78 is 18.6. The highest BCUT2D eigenvalue weighted by Crippen LogP contribution is 2.19. The summed E-state index contributed by atoms with van der Waals surface area (Å²) in [4.78, 5) is 0. The van der Waals surface area contributed by atoms with E-state index in [1.54, 1.807) is 12.1 Å². The van der Waals surface area contributed by atoms with Crippen molar-refractivity contribution in [3.05, 3.63) is 59.4 Å². The van der Waals surface area contributed by atoms with Crippen molar-refractivity contribution in [3.63, 3.8) is 0 Å². The minimum Gasteiger partial charge on any atom is -0.489 e. The molecule has 0 bridgehead atoms. The van der Waals surface area contributed by atoms with Crippen LogP contribution in [0.4, 0.5) is 10.1 Å². The number of rotatable bonds is 3. The zero-order valence-corrected chi connectivity index (χ0v) is 9.61. The summed E-state index contributed by atoms with van der Waals surface area (Å²) >= 11 is 0. The molecule has 0 heterocycles. The van der Waals surface area contributed by atoms with Crippen molar-refractivity contribution in [1.82, 2.24) is 0 Å². The molecule has 0 spiro atoms. The SMILES string of the molecule is Cc1ccccc1OCc1ccc(F)c(N)c1. The molecule has 0 aliphatic carbocycles. The molecule has 2 aromatic rings. The Hall–Kier alpha value is -2.03. The molecular formula is C14H14FNO. The van der Waals surface area contributed by atoms with Gasteiger partial charge in [0.1, 0.15) is 18.2 Å². The second-order valence-corrected chi connectivity index (χ2v) is 3.91. The van der Waals surface area contributed by atoms with E-state index in [2.05, 4.69) is 0 Å². The molecule has 0 saturated heterocycles. The Morgan fingerprint density at radius 1 is 1.18 bits per heavy atom. The predicted octanol–water partition coefficient (Wildman–Crippen LogP) is 3.30. The monoisotopic (exact) mass is 231 g/mol. The second kappa shape index (κ2) is 4.87. The summed E-state index contributed by atoms with van der Waals surface area (Å²) in [7, 11) is 0. The smallest absolute Gasteiger partial charge is 0.146 e. The van der Waals surface area contributed by atoms with E-state index in [-0.39, 0.29) is 5.69 Å². The number of anilines is 1. The molecule has 2 nitrogen and oxygen atoms in total. The van der Waals surface area contributed by atoms with E-state index in [4.69, 9.17) is 10.5 Å². The quantitative estimate of drug-likeness (QED) is 0.822. The van der Waals surface area contributed by atoms with E-state index in [0.717, 1.165) is 16.9 Å². The minimum absolute atomic E-state index is 0.149. The molecule has 0 unspecified atom stereocenters. The topological polar surface area (TPSA) is 35.2 Å². The van der Waals surface area contributed by atoms with Crippen LogP contribution in [-0.4, -0.2) is 0 Å². The third-order valence-electron chi connectivity index (χ3n) is 2.55. The van der Waals surface area contributed by atoms with Gasteiger partial charge in [0, 0.05) is 0 Å². The maximum absolute atomic E-state index is 13.0. The molecule has 17 heavy (non-hydrogen) atoms. The summed E-state index contributed by atoms with van der Waals surface area (Å²) in [6.45, 7) is 2.36. The molecule has 0 aliphatic rings. The molecule has 0 fully saturated rings. The van der Waals surface area contributed by atoms with Gasteiger partial charge in [-0.25, -0.2) is 4.39 Å². The van der Waals surface area contributed by atoms with Crippen LogP contribution in [0.3, 0.4) is 0 Å². The molecule has 3 heteroatoms. The molecule has 2 N–H and O–H groups in total. The standard InChI is InChI=1S/C14H14FNO/c1-10-4-2-3-5-14(10)17-9-11-6-7-12(15)13(16)8-11/h2-8H,9,16H2,1H3. The van der Waals surface area contributed by atoms with E-state index in [9.17, 15) is 4.39 Å². The molecule has 0 radical (unpaired) electrons. The fraction of sp³-hybridized carbons (Fsp3) is 0.143. The van der Waals surface area contributed by atoms with Gasteiger partial charge in [-0.2, -0.15) is 0 Å². The van der Waals surface area contributed by atoms with Gasteiger partial charge >= 0.3 is 0 Å². The number of hydrogen-bond donors (Lipinski definition) is 1. The molecule has 0 saturated carbocycles. The van der Waals surface area contributed by atoms with Crippen molar-refractivity contribution in [2.24, 2.45) is 0 Å². The summed E-state index contributed by atoms with van der Waals surface area (Å²) in [5.41, 5.74) is 7.56. The molecular weight excluding hydrogens is 217 g/mol. The van der Waals surface area contributed by atoms with E-state index in [1.807, 2.05) is 31.2 Å². The van der Waals surface area contributed by atoms with Crippen molar-refractivity contribution in [3.8, 4) is 5.75 Å². The Morgan fingerprint density at radius 3 is 2.65 bits per heavy atom. The molecule has 0 amide bonds. The van der Waals surface area contributed by atoms with Crippen LogP contribution in [0.1, 0.15) is 11.1 Å². The lowest BCUT2D eigenvalue weighted by molar-refractivity contribution is 0.304. The van der Waals surface area contributed by atoms with E-state index in [0.29, 0.717) is 6.61 Å². The highest BCUT2D eigenvalue weighted by atomic mass is 19.1. The normalized spacial score (nSPS) is 10.2. The van der Waals surface area contributed by atoms with Gasteiger partial charge in [0.15, 0.2) is 0 Å². The van der Waals surface area contributed by atoms with Crippen LogP contribution in [0.2, 0.25) is 0 Å². The van der Waals surface area contributed by atoms with Crippen molar-refractivity contribution < 1.29 is 9.13 Å².